The van der Waals surface area contributed by atoms with Gasteiger partial charge in [0.1, 0.15) is 0 Å². The van der Waals surface area contributed by atoms with Crippen LogP contribution >= 0.6 is 27.5 Å². The number of ether oxygens (including phenoxy) is 1. The average molecular weight is 301 g/mol. The van der Waals surface area contributed by atoms with Gasteiger partial charge in [-0.3, -0.25) is 4.98 Å². The van der Waals surface area contributed by atoms with Gasteiger partial charge in [-0.2, -0.15) is 0 Å². The second-order valence-corrected chi connectivity index (χ2v) is 4.34. The molecule has 0 aliphatic rings. The first-order valence-electron chi connectivity index (χ1n) is 4.45. The molecule has 0 saturated carbocycles. The summed E-state index contributed by atoms with van der Waals surface area (Å²) < 4.78 is 5.37. The van der Waals surface area contributed by atoms with E-state index in [2.05, 4.69) is 25.7 Å². The van der Waals surface area contributed by atoms with E-state index in [1.54, 1.807) is 24.4 Å². The molecule has 0 fully saturated rings. The first-order valence-corrected chi connectivity index (χ1v) is 5.62. The largest absolute Gasteiger partial charge is 0.465 e. The third kappa shape index (κ3) is 1.90. The Morgan fingerprint density at radius 3 is 2.94 bits per heavy atom. The van der Waals surface area contributed by atoms with E-state index in [9.17, 15) is 4.79 Å². The lowest BCUT2D eigenvalue weighted by Crippen LogP contribution is -2.00. The Balaban J connectivity index is 2.69. The minimum atomic E-state index is -0.381. The average Bonchev–Trinajstić information content (AvgIpc) is 2.32. The van der Waals surface area contributed by atoms with Crippen molar-refractivity contribution in [2.24, 2.45) is 0 Å². The number of carbonyl (C=O) groups excluding carboxylic acids is 1. The van der Waals surface area contributed by atoms with Crippen LogP contribution in [0.5, 0.6) is 0 Å². The fraction of sp³-hybridized carbons (Fsp3) is 0.0909. The molecule has 0 atom stereocenters. The molecule has 1 aromatic heterocycles. The Labute approximate surface area is 106 Å². The van der Waals surface area contributed by atoms with Gasteiger partial charge in [0, 0.05) is 16.1 Å². The summed E-state index contributed by atoms with van der Waals surface area (Å²) in [7, 11) is 1.35. The quantitative estimate of drug-likeness (QED) is 0.757. The number of benzene rings is 1. The van der Waals surface area contributed by atoms with Gasteiger partial charge in [0.05, 0.1) is 23.2 Å². The molecule has 0 unspecified atom stereocenters. The second-order valence-electron chi connectivity index (χ2n) is 3.14. The highest BCUT2D eigenvalue weighted by Gasteiger charge is 2.09. The zero-order valence-electron chi connectivity index (χ0n) is 8.33. The maximum atomic E-state index is 11.4. The molecule has 16 heavy (non-hydrogen) atoms. The third-order valence-electron chi connectivity index (χ3n) is 2.18. The zero-order valence-corrected chi connectivity index (χ0v) is 10.7. The highest BCUT2D eigenvalue weighted by Crippen LogP contribution is 2.30. The van der Waals surface area contributed by atoms with Gasteiger partial charge >= 0.3 is 5.97 Å². The molecule has 0 N–H and O–H groups in total. The number of halogens is 2. The van der Waals surface area contributed by atoms with Crippen LogP contribution in [-0.4, -0.2) is 18.1 Å². The van der Waals surface area contributed by atoms with Gasteiger partial charge in [0.25, 0.3) is 0 Å². The van der Waals surface area contributed by atoms with Gasteiger partial charge in [-0.1, -0.05) is 11.6 Å². The molecule has 0 amide bonds. The van der Waals surface area contributed by atoms with E-state index in [1.165, 1.54) is 7.11 Å². The maximum absolute atomic E-state index is 11.4. The van der Waals surface area contributed by atoms with Crippen molar-refractivity contribution in [1.82, 2.24) is 4.98 Å². The van der Waals surface area contributed by atoms with Crippen LogP contribution < -0.4 is 0 Å². The summed E-state index contributed by atoms with van der Waals surface area (Å²) in [5.74, 6) is -0.381. The van der Waals surface area contributed by atoms with E-state index in [4.69, 9.17) is 11.6 Å². The number of hydrogen-bond acceptors (Lipinski definition) is 3. The Bertz CT molecular complexity index is 571. The van der Waals surface area contributed by atoms with E-state index in [0.29, 0.717) is 10.6 Å². The summed E-state index contributed by atoms with van der Waals surface area (Å²) in [6.07, 6.45) is 1.56. The summed E-state index contributed by atoms with van der Waals surface area (Å²) in [6.45, 7) is 0. The third-order valence-corrected chi connectivity index (χ3v) is 3.55. The monoisotopic (exact) mass is 299 g/mol. The van der Waals surface area contributed by atoms with Crippen molar-refractivity contribution < 1.29 is 9.53 Å². The van der Waals surface area contributed by atoms with E-state index >= 15 is 0 Å². The van der Waals surface area contributed by atoms with Crippen LogP contribution in [-0.2, 0) is 4.74 Å². The molecule has 0 aliphatic heterocycles. The highest BCUT2D eigenvalue weighted by molar-refractivity contribution is 9.10. The number of carbonyl (C=O) groups is 1. The lowest BCUT2D eigenvalue weighted by molar-refractivity contribution is 0.0601. The topological polar surface area (TPSA) is 39.2 Å². The van der Waals surface area contributed by atoms with Crippen molar-refractivity contribution in [2.75, 3.05) is 7.11 Å². The summed E-state index contributed by atoms with van der Waals surface area (Å²) in [6, 6.07) is 5.12. The van der Waals surface area contributed by atoms with Crippen LogP contribution in [0.25, 0.3) is 10.9 Å². The summed E-state index contributed by atoms with van der Waals surface area (Å²) in [5, 5.41) is 1.30. The molecule has 0 radical (unpaired) electrons. The van der Waals surface area contributed by atoms with Crippen LogP contribution in [0.4, 0.5) is 0 Å². The predicted molar refractivity (Wildman–Crippen MR) is 65.8 cm³/mol. The number of rotatable bonds is 1. The molecule has 1 aromatic carbocycles. The number of esters is 1. The highest BCUT2D eigenvalue weighted by atomic mass is 79.9. The Morgan fingerprint density at radius 1 is 1.50 bits per heavy atom. The van der Waals surface area contributed by atoms with Gasteiger partial charge in [0.2, 0.25) is 0 Å². The molecule has 3 nitrogen and oxygen atoms in total. The van der Waals surface area contributed by atoms with Crippen molar-refractivity contribution in [2.45, 2.75) is 0 Å². The van der Waals surface area contributed by atoms with E-state index in [1.807, 2.05) is 0 Å². The number of fused-ring (bicyclic) bond motifs is 1. The van der Waals surface area contributed by atoms with Gasteiger partial charge in [-0.05, 0) is 34.1 Å². The summed E-state index contributed by atoms with van der Waals surface area (Å²) in [4.78, 5) is 15.5. The van der Waals surface area contributed by atoms with Crippen LogP contribution in [0.1, 0.15) is 10.4 Å². The molecule has 0 bridgehead atoms. The van der Waals surface area contributed by atoms with Gasteiger partial charge in [0.15, 0.2) is 0 Å². The van der Waals surface area contributed by atoms with Crippen LogP contribution in [0, 0.1) is 0 Å². The fourth-order valence-electron chi connectivity index (χ4n) is 1.38. The van der Waals surface area contributed by atoms with E-state index in [0.717, 1.165) is 15.4 Å². The second kappa shape index (κ2) is 4.39. The van der Waals surface area contributed by atoms with Gasteiger partial charge in [-0.25, -0.2) is 4.79 Å². The molecule has 0 saturated heterocycles. The fourth-order valence-corrected chi connectivity index (χ4v) is 1.95. The van der Waals surface area contributed by atoms with Crippen molar-refractivity contribution in [3.63, 3.8) is 0 Å². The van der Waals surface area contributed by atoms with E-state index < -0.39 is 0 Å². The molecular formula is C11H7BrClNO2. The minimum Gasteiger partial charge on any atom is -0.465 e. The molecule has 0 spiro atoms. The van der Waals surface area contributed by atoms with Crippen molar-refractivity contribution >= 4 is 44.4 Å². The molecule has 82 valence electrons. The van der Waals surface area contributed by atoms with E-state index in [-0.39, 0.29) is 5.97 Å². The molecule has 5 heteroatoms. The number of aromatic nitrogens is 1. The first-order chi connectivity index (χ1) is 7.63. The van der Waals surface area contributed by atoms with Crippen LogP contribution in [0.2, 0.25) is 5.02 Å². The van der Waals surface area contributed by atoms with Crippen molar-refractivity contribution in [1.29, 1.82) is 0 Å². The standard InChI is InChI=1S/C11H7BrClNO2/c1-16-11(15)6-2-3-9-7(4-6)10(12)8(13)5-14-9/h2-5H,1H3. The predicted octanol–water partition coefficient (Wildman–Crippen LogP) is 3.44. The zero-order chi connectivity index (χ0) is 11.7. The lowest BCUT2D eigenvalue weighted by Gasteiger charge is -2.04. The SMILES string of the molecule is COC(=O)c1ccc2ncc(Cl)c(Br)c2c1. The molecule has 1 heterocycles. The Morgan fingerprint density at radius 2 is 2.25 bits per heavy atom. The van der Waals surface area contributed by atoms with Crippen LogP contribution in [0.15, 0.2) is 28.9 Å². The van der Waals surface area contributed by atoms with Crippen LogP contribution in [0.3, 0.4) is 0 Å². The Hall–Kier alpha value is -1.13. The van der Waals surface area contributed by atoms with Crippen molar-refractivity contribution in [3.8, 4) is 0 Å². The summed E-state index contributed by atoms with van der Waals surface area (Å²) in [5.41, 5.74) is 1.24. The molecular weight excluding hydrogens is 293 g/mol. The summed E-state index contributed by atoms with van der Waals surface area (Å²) >= 11 is 9.29. The molecule has 0 aliphatic carbocycles. The first kappa shape index (κ1) is 11.4. The van der Waals surface area contributed by atoms with Gasteiger partial charge in [-0.15, -0.1) is 0 Å². The smallest absolute Gasteiger partial charge is 0.337 e. The Kier molecular flexibility index (Phi) is 3.12. The number of nitrogens with zero attached hydrogens (tertiary/aromatic N) is 1. The lowest BCUT2D eigenvalue weighted by atomic mass is 10.1. The van der Waals surface area contributed by atoms with Crippen molar-refractivity contribution in [3.05, 3.63) is 39.5 Å². The number of pyridine rings is 1. The van der Waals surface area contributed by atoms with Gasteiger partial charge < -0.3 is 4.74 Å². The normalized spacial score (nSPS) is 10.4. The molecule has 2 aromatic rings. The molecule has 2 rings (SSSR count). The number of hydrogen-bond donors (Lipinski definition) is 0. The number of methoxy groups -OCH3 is 1. The minimum absolute atomic E-state index is 0.381. The maximum Gasteiger partial charge on any atom is 0.337 e.